The fourth-order valence-corrected chi connectivity index (χ4v) is 1.73. The zero-order chi connectivity index (χ0) is 23.3. The van der Waals surface area contributed by atoms with Crippen LogP contribution in [0.15, 0.2) is 18.2 Å². The molecule has 0 aromatic heterocycles. The summed E-state index contributed by atoms with van der Waals surface area (Å²) in [6, 6.07) is 3.94. The zero-order valence-corrected chi connectivity index (χ0v) is 18.9. The minimum Gasteiger partial charge on any atom is -0.292 e. The van der Waals surface area contributed by atoms with Gasteiger partial charge in [-0.15, -0.1) is 0 Å². The topological polar surface area (TPSA) is 107 Å². The highest BCUT2D eigenvalue weighted by molar-refractivity contribution is 6.10. The number of benzene rings is 1. The van der Waals surface area contributed by atoms with Gasteiger partial charge in [0.15, 0.2) is 0 Å². The van der Waals surface area contributed by atoms with Gasteiger partial charge in [-0.25, -0.2) is 14.4 Å². The smallest absolute Gasteiger partial charge is 0.292 e. The molecule has 0 heterocycles. The van der Waals surface area contributed by atoms with Crippen LogP contribution in [0.25, 0.3) is 0 Å². The van der Waals surface area contributed by atoms with Gasteiger partial charge in [0.25, 0.3) is 0 Å². The van der Waals surface area contributed by atoms with Crippen LogP contribution in [-0.4, -0.2) is 34.7 Å². The predicted octanol–water partition coefficient (Wildman–Crippen LogP) is 4.35. The Kier molecular flexibility index (Phi) is 8.13. The third-order valence-corrected chi connectivity index (χ3v) is 2.81. The van der Waals surface area contributed by atoms with Crippen molar-refractivity contribution in [1.29, 1.82) is 0 Å². The number of carbonyl (C=O) groups is 3. The second kappa shape index (κ2) is 9.55. The van der Waals surface area contributed by atoms with Crippen LogP contribution in [-0.2, 0) is 29.3 Å². The molecule has 0 aliphatic rings. The molecule has 1 aromatic rings. The van der Waals surface area contributed by atoms with E-state index in [4.69, 9.17) is 29.3 Å². The summed E-state index contributed by atoms with van der Waals surface area (Å²) < 4.78 is 0. The quantitative estimate of drug-likeness (QED) is 0.485. The molecule has 0 amide bonds. The molecule has 0 saturated carbocycles. The van der Waals surface area contributed by atoms with E-state index in [0.717, 1.165) is 0 Å². The lowest BCUT2D eigenvalue weighted by Gasteiger charge is -2.20. The molecule has 0 atom stereocenters. The lowest BCUT2D eigenvalue weighted by molar-refractivity contribution is -0.303. The Morgan fingerprint density at radius 2 is 0.867 bits per heavy atom. The van der Waals surface area contributed by atoms with Gasteiger partial charge in [-0.3, -0.25) is 14.7 Å². The van der Waals surface area contributed by atoms with Crippen LogP contribution in [0.2, 0.25) is 0 Å². The highest BCUT2D eigenvalue weighted by Crippen LogP contribution is 2.22. The summed E-state index contributed by atoms with van der Waals surface area (Å²) >= 11 is 0. The Hall–Kier alpha value is -2.49. The van der Waals surface area contributed by atoms with Gasteiger partial charge in [0.1, 0.15) is 16.8 Å². The molecule has 0 bridgehead atoms. The van der Waals surface area contributed by atoms with Crippen molar-refractivity contribution in [1.82, 2.24) is 0 Å². The van der Waals surface area contributed by atoms with E-state index in [9.17, 15) is 14.4 Å². The molecule has 0 spiro atoms. The highest BCUT2D eigenvalue weighted by Gasteiger charge is 2.31. The van der Waals surface area contributed by atoms with E-state index < -0.39 is 40.3 Å². The normalized spacial score (nSPS) is 12.3. The number of hydrogen-bond donors (Lipinski definition) is 0. The number of carbonyl (C=O) groups excluding carboxylic acids is 3. The lowest BCUT2D eigenvalue weighted by atomic mass is 10.0. The van der Waals surface area contributed by atoms with Crippen LogP contribution in [0, 0.1) is 0 Å². The van der Waals surface area contributed by atoms with Gasteiger partial charge in [-0.2, -0.15) is 14.7 Å². The molecule has 30 heavy (non-hydrogen) atoms. The van der Waals surface area contributed by atoms with Gasteiger partial charge >= 0.3 is 17.9 Å². The van der Waals surface area contributed by atoms with Crippen molar-refractivity contribution in [2.75, 3.05) is 0 Å². The fraction of sp³-hybridized carbons (Fsp3) is 0.571. The van der Waals surface area contributed by atoms with Crippen LogP contribution in [0.4, 0.5) is 0 Å². The summed E-state index contributed by atoms with van der Waals surface area (Å²) in [5, 5.41) is 0. The molecule has 168 valence electrons. The lowest BCUT2D eigenvalue weighted by Crippen LogP contribution is -2.27. The van der Waals surface area contributed by atoms with Crippen LogP contribution < -0.4 is 0 Å². The molecule has 1 rings (SSSR count). The van der Waals surface area contributed by atoms with E-state index in [0.29, 0.717) is 0 Å². The van der Waals surface area contributed by atoms with E-state index in [1.165, 1.54) is 18.2 Å². The maximum Gasteiger partial charge on any atom is 0.374 e. The summed E-state index contributed by atoms with van der Waals surface area (Å²) in [7, 11) is 0. The van der Waals surface area contributed by atoms with Crippen LogP contribution in [0.5, 0.6) is 0 Å². The molecular formula is C21H30O9. The van der Waals surface area contributed by atoms with Gasteiger partial charge in [0.2, 0.25) is 0 Å². The fourth-order valence-electron chi connectivity index (χ4n) is 1.73. The third kappa shape index (κ3) is 8.89. The molecule has 0 fully saturated rings. The Morgan fingerprint density at radius 3 is 1.17 bits per heavy atom. The van der Waals surface area contributed by atoms with E-state index >= 15 is 0 Å². The van der Waals surface area contributed by atoms with Crippen LogP contribution in [0.1, 0.15) is 93.4 Å². The first-order chi connectivity index (χ1) is 13.5. The van der Waals surface area contributed by atoms with Crippen molar-refractivity contribution in [3.05, 3.63) is 34.9 Å². The van der Waals surface area contributed by atoms with Crippen LogP contribution >= 0.6 is 0 Å². The standard InChI is InChI=1S/C21H30O9/c1-19(2,3)28-25-16(22)13-11-10-12-14(17(23)26-29-20(4,5)6)15(13)18(24)27-30-21(7,8)9/h10-12H,1-9H3. The highest BCUT2D eigenvalue weighted by atomic mass is 17.2. The first-order valence-electron chi connectivity index (χ1n) is 9.33. The molecule has 0 N–H and O–H groups in total. The van der Waals surface area contributed by atoms with Gasteiger partial charge < -0.3 is 0 Å². The number of rotatable bonds is 6. The maximum absolute atomic E-state index is 12.7. The van der Waals surface area contributed by atoms with Crippen molar-refractivity contribution in [3.63, 3.8) is 0 Å². The first kappa shape index (κ1) is 25.5. The van der Waals surface area contributed by atoms with E-state index in [1.54, 1.807) is 62.3 Å². The molecule has 0 unspecified atom stereocenters. The molecular weight excluding hydrogens is 396 g/mol. The van der Waals surface area contributed by atoms with Gasteiger partial charge in [0, 0.05) is 0 Å². The SMILES string of the molecule is CC(C)(C)OOC(=O)c1cccc(C(=O)OOC(C)(C)C)c1C(=O)OOC(C)(C)C. The molecule has 0 saturated heterocycles. The minimum absolute atomic E-state index is 0.271. The van der Waals surface area contributed by atoms with Crippen molar-refractivity contribution < 1.29 is 43.7 Å². The van der Waals surface area contributed by atoms with Crippen molar-refractivity contribution in [3.8, 4) is 0 Å². The molecule has 9 heteroatoms. The Labute approximate surface area is 176 Å². The average Bonchev–Trinajstić information content (AvgIpc) is 2.59. The average molecular weight is 426 g/mol. The summed E-state index contributed by atoms with van der Waals surface area (Å²) in [4.78, 5) is 67.3. The van der Waals surface area contributed by atoms with Gasteiger partial charge in [-0.1, -0.05) is 6.07 Å². The molecule has 9 nitrogen and oxygen atoms in total. The minimum atomic E-state index is -1.09. The predicted molar refractivity (Wildman–Crippen MR) is 105 cm³/mol. The second-order valence-electron chi connectivity index (χ2n) is 9.43. The largest absolute Gasteiger partial charge is 0.374 e. The number of hydrogen-bond acceptors (Lipinski definition) is 9. The third-order valence-electron chi connectivity index (χ3n) is 2.81. The molecule has 0 aliphatic heterocycles. The molecule has 0 aliphatic carbocycles. The summed E-state index contributed by atoms with van der Waals surface area (Å²) in [5.74, 6) is -3.09. The van der Waals surface area contributed by atoms with Crippen molar-refractivity contribution >= 4 is 17.9 Å². The summed E-state index contributed by atoms with van der Waals surface area (Å²) in [6.07, 6.45) is 0. The van der Waals surface area contributed by atoms with E-state index in [1.807, 2.05) is 0 Å². The van der Waals surface area contributed by atoms with Gasteiger partial charge in [-0.05, 0) is 74.4 Å². The molecule has 1 aromatic carbocycles. The molecule has 0 radical (unpaired) electrons. The van der Waals surface area contributed by atoms with E-state index in [-0.39, 0.29) is 11.1 Å². The zero-order valence-electron chi connectivity index (χ0n) is 18.9. The monoisotopic (exact) mass is 426 g/mol. The summed E-state index contributed by atoms with van der Waals surface area (Å²) in [5.41, 5.74) is -3.35. The second-order valence-corrected chi connectivity index (χ2v) is 9.43. The Balaban J connectivity index is 3.31. The Bertz CT molecular complexity index is 729. The van der Waals surface area contributed by atoms with Crippen molar-refractivity contribution in [2.45, 2.75) is 79.1 Å². The van der Waals surface area contributed by atoms with Gasteiger partial charge in [0.05, 0.1) is 16.7 Å². The first-order valence-corrected chi connectivity index (χ1v) is 9.33. The maximum atomic E-state index is 12.7. The Morgan fingerprint density at radius 1 is 0.567 bits per heavy atom. The summed E-state index contributed by atoms with van der Waals surface area (Å²) in [6.45, 7) is 15.0. The van der Waals surface area contributed by atoms with Crippen molar-refractivity contribution in [2.24, 2.45) is 0 Å². The van der Waals surface area contributed by atoms with E-state index in [2.05, 4.69) is 0 Å². The van der Waals surface area contributed by atoms with Crippen LogP contribution in [0.3, 0.4) is 0 Å².